The van der Waals surface area contributed by atoms with Gasteiger partial charge in [-0.3, -0.25) is 9.59 Å². The molecule has 0 bridgehead atoms. The second-order valence-corrected chi connectivity index (χ2v) is 9.77. The zero-order chi connectivity index (χ0) is 20.8. The lowest BCUT2D eigenvalue weighted by Crippen LogP contribution is -2.23. The number of carbonyl (C=O) groups excluding carboxylic acids is 1. The van der Waals surface area contributed by atoms with Crippen molar-refractivity contribution < 1.29 is 4.79 Å². The van der Waals surface area contributed by atoms with E-state index in [0.717, 1.165) is 15.7 Å². The van der Waals surface area contributed by atoms with E-state index in [9.17, 15) is 9.59 Å². The maximum Gasteiger partial charge on any atom is 0.255 e. The van der Waals surface area contributed by atoms with Crippen molar-refractivity contribution >= 4 is 57.5 Å². The number of amides is 1. The van der Waals surface area contributed by atoms with Gasteiger partial charge in [-0.25, -0.2) is 4.98 Å². The number of thioether (sulfide) groups is 2. The molecule has 0 unspecified atom stereocenters. The number of carbonyl (C=O) groups is 1. The van der Waals surface area contributed by atoms with E-state index in [1.165, 1.54) is 23.1 Å². The van der Waals surface area contributed by atoms with Crippen LogP contribution in [0.4, 0.5) is 5.13 Å². The number of nitrogens with one attached hydrogen (secondary N) is 2. The molecule has 1 amide bonds. The molecule has 0 aliphatic heterocycles. The number of hydrogen-bond acceptors (Lipinski definition) is 8. The highest BCUT2D eigenvalue weighted by atomic mass is 35.5. The van der Waals surface area contributed by atoms with Gasteiger partial charge >= 0.3 is 0 Å². The number of aryl methyl sites for hydroxylation is 1. The molecule has 11 heteroatoms. The van der Waals surface area contributed by atoms with Gasteiger partial charge in [-0.05, 0) is 30.4 Å². The van der Waals surface area contributed by atoms with E-state index in [2.05, 4.69) is 25.5 Å². The minimum absolute atomic E-state index is 0.0801. The summed E-state index contributed by atoms with van der Waals surface area (Å²) in [6, 6.07) is 7.52. The molecule has 1 aromatic carbocycles. The average Bonchev–Trinajstić information content (AvgIpc) is 3.10. The average molecular weight is 468 g/mol. The van der Waals surface area contributed by atoms with Crippen LogP contribution < -0.4 is 10.9 Å². The van der Waals surface area contributed by atoms with Crippen LogP contribution in [0, 0.1) is 6.92 Å². The van der Waals surface area contributed by atoms with Gasteiger partial charge < -0.3 is 10.3 Å². The van der Waals surface area contributed by atoms with E-state index < -0.39 is 0 Å². The lowest BCUT2D eigenvalue weighted by molar-refractivity contribution is -0.115. The SMILES string of the molecule is CCSc1nnc(NC(=O)Cc2c(C)nc(SCc3cccc(Cl)c3)[nH]c2=O)s1. The molecule has 0 fully saturated rings. The summed E-state index contributed by atoms with van der Waals surface area (Å²) in [7, 11) is 0. The Balaban J connectivity index is 1.63. The molecular weight excluding hydrogens is 450 g/mol. The predicted octanol–water partition coefficient (Wildman–Crippen LogP) is 4.17. The van der Waals surface area contributed by atoms with E-state index in [-0.39, 0.29) is 17.9 Å². The van der Waals surface area contributed by atoms with Crippen molar-refractivity contribution in [2.24, 2.45) is 0 Å². The van der Waals surface area contributed by atoms with Gasteiger partial charge in [0.25, 0.3) is 5.56 Å². The van der Waals surface area contributed by atoms with E-state index in [4.69, 9.17) is 11.6 Å². The summed E-state index contributed by atoms with van der Waals surface area (Å²) in [6.45, 7) is 3.74. The van der Waals surface area contributed by atoms with E-state index in [1.54, 1.807) is 18.7 Å². The highest BCUT2D eigenvalue weighted by Crippen LogP contribution is 2.25. The van der Waals surface area contributed by atoms with Crippen molar-refractivity contribution in [3.05, 3.63) is 56.5 Å². The number of rotatable bonds is 8. The number of halogens is 1. The normalized spacial score (nSPS) is 10.9. The van der Waals surface area contributed by atoms with Crippen LogP contribution in [0.3, 0.4) is 0 Å². The molecule has 3 rings (SSSR count). The van der Waals surface area contributed by atoms with Crippen molar-refractivity contribution in [2.45, 2.75) is 35.5 Å². The Kier molecular flexibility index (Phi) is 7.70. The van der Waals surface area contributed by atoms with Gasteiger partial charge in [0.15, 0.2) is 9.50 Å². The Morgan fingerprint density at radius 3 is 2.86 bits per heavy atom. The molecule has 29 heavy (non-hydrogen) atoms. The first kappa shape index (κ1) is 21.8. The third-order valence-corrected chi connectivity index (χ3v) is 6.76. The van der Waals surface area contributed by atoms with Gasteiger partial charge in [-0.15, -0.1) is 10.2 Å². The third kappa shape index (κ3) is 6.30. The summed E-state index contributed by atoms with van der Waals surface area (Å²) in [6.07, 6.45) is -0.0801. The molecule has 0 spiro atoms. The number of aromatic nitrogens is 4. The van der Waals surface area contributed by atoms with Gasteiger partial charge in [0.2, 0.25) is 11.0 Å². The second-order valence-electron chi connectivity index (χ2n) is 5.88. The fraction of sp³-hybridized carbons (Fsp3) is 0.278. The molecule has 0 saturated heterocycles. The number of anilines is 1. The van der Waals surface area contributed by atoms with Crippen molar-refractivity contribution in [1.82, 2.24) is 20.2 Å². The van der Waals surface area contributed by atoms with Crippen LogP contribution in [0.5, 0.6) is 0 Å². The maximum absolute atomic E-state index is 12.5. The van der Waals surface area contributed by atoms with Crippen LogP contribution in [0.15, 0.2) is 38.6 Å². The molecule has 3 aromatic rings. The number of nitrogens with zero attached hydrogens (tertiary/aromatic N) is 3. The quantitative estimate of drug-likeness (QED) is 0.291. The molecule has 2 aromatic heterocycles. The maximum atomic E-state index is 12.5. The Bertz CT molecular complexity index is 1070. The Morgan fingerprint density at radius 1 is 1.31 bits per heavy atom. The summed E-state index contributed by atoms with van der Waals surface area (Å²) in [5.41, 5.74) is 1.57. The van der Waals surface area contributed by atoms with E-state index in [0.29, 0.717) is 32.3 Å². The Hall–Kier alpha value is -1.88. The molecular formula is C18H18ClN5O2S3. The van der Waals surface area contributed by atoms with Crippen LogP contribution in [0.1, 0.15) is 23.7 Å². The van der Waals surface area contributed by atoms with Crippen molar-refractivity contribution in [1.29, 1.82) is 0 Å². The first-order valence-corrected chi connectivity index (χ1v) is 11.8. The largest absolute Gasteiger partial charge is 0.301 e. The predicted molar refractivity (Wildman–Crippen MR) is 119 cm³/mol. The van der Waals surface area contributed by atoms with Crippen LogP contribution in [0.2, 0.25) is 5.02 Å². The van der Waals surface area contributed by atoms with Crippen molar-refractivity contribution in [2.75, 3.05) is 11.1 Å². The summed E-state index contributed by atoms with van der Waals surface area (Å²) in [5.74, 6) is 1.17. The topological polar surface area (TPSA) is 101 Å². The molecule has 2 heterocycles. The van der Waals surface area contributed by atoms with E-state index in [1.807, 2.05) is 31.2 Å². The first-order valence-electron chi connectivity index (χ1n) is 8.67. The second kappa shape index (κ2) is 10.2. The Labute approximate surface area is 185 Å². The zero-order valence-corrected chi connectivity index (χ0v) is 18.9. The van der Waals surface area contributed by atoms with Gasteiger partial charge in [-0.2, -0.15) is 0 Å². The summed E-state index contributed by atoms with van der Waals surface area (Å²) < 4.78 is 0.791. The molecule has 0 aliphatic carbocycles. The standard InChI is InChI=1S/C18H18ClN5O2S3/c1-3-27-18-24-23-17(29-18)21-14(25)8-13-10(2)20-16(22-15(13)26)28-9-11-5-4-6-12(19)7-11/h4-7H,3,8-9H2,1-2H3,(H,20,22,26)(H,21,23,25). The molecule has 152 valence electrons. The lowest BCUT2D eigenvalue weighted by Gasteiger charge is -2.07. The van der Waals surface area contributed by atoms with Crippen molar-refractivity contribution in [3.8, 4) is 0 Å². The first-order chi connectivity index (χ1) is 13.9. The minimum atomic E-state index is -0.330. The van der Waals surface area contributed by atoms with Crippen LogP contribution in [-0.4, -0.2) is 31.8 Å². The molecule has 0 radical (unpaired) electrons. The molecule has 7 nitrogen and oxygen atoms in total. The summed E-state index contributed by atoms with van der Waals surface area (Å²) in [5, 5.41) is 12.2. The van der Waals surface area contributed by atoms with E-state index >= 15 is 0 Å². The highest BCUT2D eigenvalue weighted by molar-refractivity contribution is 8.01. The minimum Gasteiger partial charge on any atom is -0.301 e. The van der Waals surface area contributed by atoms with Crippen LogP contribution in [-0.2, 0) is 17.0 Å². The van der Waals surface area contributed by atoms with Crippen LogP contribution >= 0.6 is 46.5 Å². The molecule has 0 aliphatic rings. The number of benzene rings is 1. The fourth-order valence-corrected chi connectivity index (χ4v) is 5.13. The number of hydrogen-bond donors (Lipinski definition) is 2. The monoisotopic (exact) mass is 467 g/mol. The van der Waals surface area contributed by atoms with Crippen molar-refractivity contribution in [3.63, 3.8) is 0 Å². The van der Waals surface area contributed by atoms with Crippen LogP contribution in [0.25, 0.3) is 0 Å². The summed E-state index contributed by atoms with van der Waals surface area (Å²) in [4.78, 5) is 31.9. The zero-order valence-electron chi connectivity index (χ0n) is 15.7. The molecule has 0 saturated carbocycles. The summed E-state index contributed by atoms with van der Waals surface area (Å²) >= 11 is 10.3. The molecule has 0 atom stereocenters. The number of aromatic amines is 1. The van der Waals surface area contributed by atoms with Gasteiger partial charge in [0.05, 0.1) is 6.42 Å². The van der Waals surface area contributed by atoms with Gasteiger partial charge in [0, 0.05) is 22.0 Å². The molecule has 2 N–H and O–H groups in total. The highest BCUT2D eigenvalue weighted by Gasteiger charge is 2.15. The Morgan fingerprint density at radius 2 is 2.14 bits per heavy atom. The van der Waals surface area contributed by atoms with Gasteiger partial charge in [0.1, 0.15) is 0 Å². The van der Waals surface area contributed by atoms with Gasteiger partial charge in [-0.1, -0.05) is 65.5 Å². The smallest absolute Gasteiger partial charge is 0.255 e. The third-order valence-electron chi connectivity index (χ3n) is 3.72. The lowest BCUT2D eigenvalue weighted by atomic mass is 10.1. The fourth-order valence-electron chi connectivity index (χ4n) is 2.41. The number of H-pyrrole nitrogens is 1.